The van der Waals surface area contributed by atoms with Crippen LogP contribution in [-0.2, 0) is 4.79 Å². The second-order valence-electron chi connectivity index (χ2n) is 4.81. The van der Waals surface area contributed by atoms with Crippen molar-refractivity contribution >= 4 is 23.2 Å². The molecule has 0 bridgehead atoms. The molecule has 5 nitrogen and oxygen atoms in total. The van der Waals surface area contributed by atoms with Crippen LogP contribution in [0.3, 0.4) is 0 Å². The van der Waals surface area contributed by atoms with E-state index in [1.165, 1.54) is 16.2 Å². The Kier molecular flexibility index (Phi) is 5.47. The molecule has 0 spiro atoms. The first-order valence-corrected chi connectivity index (χ1v) is 7.22. The zero-order valence-corrected chi connectivity index (χ0v) is 12.5. The number of hydrogen-bond acceptors (Lipinski definition) is 4. The zero-order chi connectivity index (χ0) is 14.6. The van der Waals surface area contributed by atoms with Gasteiger partial charge in [-0.15, -0.1) is 11.3 Å². The van der Waals surface area contributed by atoms with Gasteiger partial charge in [-0.2, -0.15) is 0 Å². The zero-order valence-electron chi connectivity index (χ0n) is 11.7. The molecular formula is C13H20N2O3S. The number of carbonyl (C=O) groups is 2. The Morgan fingerprint density at radius 2 is 2.05 bits per heavy atom. The summed E-state index contributed by atoms with van der Waals surface area (Å²) in [5.74, 6) is -1.38. The number of carbonyl (C=O) groups excluding carboxylic acids is 1. The number of hydrogen-bond donors (Lipinski definition) is 1. The quantitative estimate of drug-likeness (QED) is 0.871. The summed E-state index contributed by atoms with van der Waals surface area (Å²) in [6.45, 7) is 8.17. The van der Waals surface area contributed by atoms with Gasteiger partial charge in [0.05, 0.1) is 10.9 Å². The minimum absolute atomic E-state index is 0.196. The summed E-state index contributed by atoms with van der Waals surface area (Å²) in [6.07, 6.45) is 0. The fraction of sp³-hybridized carbons (Fsp3) is 0.615. The third-order valence-electron chi connectivity index (χ3n) is 2.82. The summed E-state index contributed by atoms with van der Waals surface area (Å²) in [7, 11) is 0. The minimum Gasteiger partial charge on any atom is -0.481 e. The summed E-state index contributed by atoms with van der Waals surface area (Å²) < 4.78 is 0. The molecule has 1 amide bonds. The van der Waals surface area contributed by atoms with Crippen molar-refractivity contribution in [3.8, 4) is 0 Å². The van der Waals surface area contributed by atoms with Crippen molar-refractivity contribution in [2.75, 3.05) is 13.1 Å². The van der Waals surface area contributed by atoms with Gasteiger partial charge in [0.25, 0.3) is 5.91 Å². The number of amides is 1. The monoisotopic (exact) mass is 284 g/mol. The summed E-state index contributed by atoms with van der Waals surface area (Å²) >= 11 is 1.46. The fourth-order valence-electron chi connectivity index (χ4n) is 1.58. The van der Waals surface area contributed by atoms with E-state index in [0.717, 1.165) is 5.01 Å². The van der Waals surface area contributed by atoms with E-state index in [1.54, 1.807) is 12.3 Å². The first kappa shape index (κ1) is 15.6. The molecular weight excluding hydrogens is 264 g/mol. The summed E-state index contributed by atoms with van der Waals surface area (Å²) in [5, 5.41) is 11.6. The van der Waals surface area contributed by atoms with Crippen molar-refractivity contribution in [1.29, 1.82) is 0 Å². The van der Waals surface area contributed by atoms with Crippen LogP contribution in [0.2, 0.25) is 0 Å². The number of thiazole rings is 1. The van der Waals surface area contributed by atoms with E-state index >= 15 is 0 Å². The number of carboxylic acids is 1. The number of carboxylic acid groups (broad SMARTS) is 1. The van der Waals surface area contributed by atoms with Crippen LogP contribution in [0.4, 0.5) is 0 Å². The van der Waals surface area contributed by atoms with Crippen LogP contribution in [0.15, 0.2) is 5.38 Å². The lowest BCUT2D eigenvalue weighted by molar-refractivity contribution is -0.141. The Hall–Kier alpha value is -1.43. The lowest BCUT2D eigenvalue weighted by Crippen LogP contribution is -2.36. The van der Waals surface area contributed by atoms with Crippen molar-refractivity contribution in [2.24, 2.45) is 5.92 Å². The molecule has 0 aliphatic carbocycles. The van der Waals surface area contributed by atoms with Crippen LogP contribution < -0.4 is 0 Å². The van der Waals surface area contributed by atoms with Crippen LogP contribution >= 0.6 is 11.3 Å². The van der Waals surface area contributed by atoms with Gasteiger partial charge in [0.1, 0.15) is 5.69 Å². The van der Waals surface area contributed by atoms with E-state index in [9.17, 15) is 9.59 Å². The van der Waals surface area contributed by atoms with Gasteiger partial charge < -0.3 is 10.0 Å². The molecule has 6 heteroatoms. The van der Waals surface area contributed by atoms with Crippen molar-refractivity contribution in [1.82, 2.24) is 9.88 Å². The smallest absolute Gasteiger partial charge is 0.308 e. The molecule has 1 rings (SSSR count). The fourth-order valence-corrected chi connectivity index (χ4v) is 2.39. The standard InChI is InChI=1S/C13H20N2O3S/c1-5-15(6-9(4)13(17)18)12(16)10-7-19-11(14-10)8(2)3/h7-9H,5-6H2,1-4H3,(H,17,18). The Morgan fingerprint density at radius 1 is 1.42 bits per heavy atom. The SMILES string of the molecule is CCN(CC(C)C(=O)O)C(=O)c1csc(C(C)C)n1. The Bertz CT molecular complexity index is 456. The highest BCUT2D eigenvalue weighted by Gasteiger charge is 2.22. The number of aromatic nitrogens is 1. The van der Waals surface area contributed by atoms with Crippen LogP contribution in [0.1, 0.15) is 49.1 Å². The van der Waals surface area contributed by atoms with Crippen LogP contribution in [0, 0.1) is 5.92 Å². The molecule has 0 aliphatic heterocycles. The highest BCUT2D eigenvalue weighted by molar-refractivity contribution is 7.09. The molecule has 0 saturated carbocycles. The maximum atomic E-state index is 12.2. The second-order valence-corrected chi connectivity index (χ2v) is 5.70. The third-order valence-corrected chi connectivity index (χ3v) is 3.97. The van der Waals surface area contributed by atoms with E-state index in [-0.39, 0.29) is 12.5 Å². The van der Waals surface area contributed by atoms with Crippen molar-refractivity contribution in [3.05, 3.63) is 16.1 Å². The molecule has 1 aromatic heterocycles. The van der Waals surface area contributed by atoms with Gasteiger partial charge in [-0.05, 0) is 6.92 Å². The topological polar surface area (TPSA) is 70.5 Å². The van der Waals surface area contributed by atoms with Gasteiger partial charge >= 0.3 is 5.97 Å². The molecule has 19 heavy (non-hydrogen) atoms. The predicted octanol–water partition coefficient (Wildman–Crippen LogP) is 2.45. The minimum atomic E-state index is -0.896. The molecule has 0 aliphatic rings. The molecule has 1 atom stereocenters. The van der Waals surface area contributed by atoms with Crippen molar-refractivity contribution in [2.45, 2.75) is 33.6 Å². The maximum absolute atomic E-state index is 12.2. The molecule has 1 aromatic rings. The highest BCUT2D eigenvalue weighted by atomic mass is 32.1. The lowest BCUT2D eigenvalue weighted by Gasteiger charge is -2.21. The maximum Gasteiger partial charge on any atom is 0.308 e. The molecule has 106 valence electrons. The van der Waals surface area contributed by atoms with Gasteiger partial charge in [0, 0.05) is 24.4 Å². The largest absolute Gasteiger partial charge is 0.481 e. The third kappa shape index (κ3) is 4.02. The number of aliphatic carboxylic acids is 1. The van der Waals surface area contributed by atoms with Crippen molar-refractivity contribution in [3.63, 3.8) is 0 Å². The van der Waals surface area contributed by atoms with Gasteiger partial charge in [0.2, 0.25) is 0 Å². The summed E-state index contributed by atoms with van der Waals surface area (Å²) in [5.41, 5.74) is 0.410. The average Bonchev–Trinajstić information content (AvgIpc) is 2.84. The van der Waals surface area contributed by atoms with Gasteiger partial charge in [0.15, 0.2) is 0 Å². The van der Waals surface area contributed by atoms with E-state index in [1.807, 2.05) is 20.8 Å². The number of nitrogens with zero attached hydrogens (tertiary/aromatic N) is 2. The molecule has 1 heterocycles. The Balaban J connectivity index is 2.80. The molecule has 0 fully saturated rings. The van der Waals surface area contributed by atoms with Crippen molar-refractivity contribution < 1.29 is 14.7 Å². The van der Waals surface area contributed by atoms with Gasteiger partial charge in [-0.3, -0.25) is 9.59 Å². The molecule has 0 saturated heterocycles. The predicted molar refractivity (Wildman–Crippen MR) is 74.6 cm³/mol. The normalized spacial score (nSPS) is 12.5. The van der Waals surface area contributed by atoms with E-state index < -0.39 is 11.9 Å². The van der Waals surface area contributed by atoms with E-state index in [0.29, 0.717) is 18.2 Å². The van der Waals surface area contributed by atoms with Gasteiger partial charge in [-0.25, -0.2) is 4.98 Å². The first-order valence-electron chi connectivity index (χ1n) is 6.34. The van der Waals surface area contributed by atoms with Gasteiger partial charge in [-0.1, -0.05) is 20.8 Å². The highest BCUT2D eigenvalue weighted by Crippen LogP contribution is 2.20. The van der Waals surface area contributed by atoms with Crippen LogP contribution in [0.25, 0.3) is 0 Å². The molecule has 0 aromatic carbocycles. The average molecular weight is 284 g/mol. The van der Waals surface area contributed by atoms with Crippen LogP contribution in [0.5, 0.6) is 0 Å². The number of rotatable bonds is 6. The molecule has 1 N–H and O–H groups in total. The Morgan fingerprint density at radius 3 is 2.47 bits per heavy atom. The van der Waals surface area contributed by atoms with Crippen LogP contribution in [-0.4, -0.2) is 40.0 Å². The van der Waals surface area contributed by atoms with E-state index in [2.05, 4.69) is 4.98 Å². The lowest BCUT2D eigenvalue weighted by atomic mass is 10.1. The summed E-state index contributed by atoms with van der Waals surface area (Å²) in [6, 6.07) is 0. The summed E-state index contributed by atoms with van der Waals surface area (Å²) in [4.78, 5) is 28.9. The molecule has 1 unspecified atom stereocenters. The van der Waals surface area contributed by atoms with E-state index in [4.69, 9.17) is 5.11 Å². The Labute approximate surface area is 117 Å². The second kappa shape index (κ2) is 6.65. The molecule has 0 radical (unpaired) electrons. The first-order chi connectivity index (χ1) is 8.86.